The van der Waals surface area contributed by atoms with Gasteiger partial charge in [-0.2, -0.15) is 4.68 Å². The topological polar surface area (TPSA) is 82.4 Å². The summed E-state index contributed by atoms with van der Waals surface area (Å²) >= 11 is 7.40. The van der Waals surface area contributed by atoms with Gasteiger partial charge in [0.25, 0.3) is 0 Å². The number of hydrogen-bond donors (Lipinski definition) is 0. The Hall–Kier alpha value is -2.78. The number of tetrazole rings is 1. The van der Waals surface area contributed by atoms with Gasteiger partial charge < -0.3 is 14.4 Å². The van der Waals surface area contributed by atoms with E-state index in [4.69, 9.17) is 21.1 Å². The highest BCUT2D eigenvalue weighted by molar-refractivity contribution is 7.99. The van der Waals surface area contributed by atoms with Crippen LogP contribution in [0.25, 0.3) is 5.69 Å². The zero-order valence-electron chi connectivity index (χ0n) is 16.6. The molecular formula is C21H20ClN5O3S. The number of benzene rings is 2. The third-order valence-corrected chi connectivity index (χ3v) is 6.48. The summed E-state index contributed by atoms with van der Waals surface area (Å²) in [5.41, 5.74) is 1.83. The lowest BCUT2D eigenvalue weighted by molar-refractivity contribution is -0.129. The number of fused-ring (bicyclic) bond motifs is 1. The molecule has 0 spiro atoms. The SMILES string of the molecule is O=C(CSc1nnnn1-c1cccc(Cl)c1)N1CCC[C@H]1c1ccc2c(c1)OCCO2. The third-order valence-electron chi connectivity index (χ3n) is 5.34. The molecule has 1 fully saturated rings. The zero-order valence-corrected chi connectivity index (χ0v) is 18.2. The molecule has 3 aromatic rings. The monoisotopic (exact) mass is 457 g/mol. The van der Waals surface area contributed by atoms with Crippen LogP contribution < -0.4 is 9.47 Å². The molecule has 0 unspecified atom stereocenters. The Bertz CT molecular complexity index is 1110. The molecule has 0 radical (unpaired) electrons. The van der Waals surface area contributed by atoms with E-state index in [0.29, 0.717) is 23.4 Å². The highest BCUT2D eigenvalue weighted by Crippen LogP contribution is 2.38. The summed E-state index contributed by atoms with van der Waals surface area (Å²) in [6.07, 6.45) is 1.89. The lowest BCUT2D eigenvalue weighted by Crippen LogP contribution is -2.32. The number of carbonyl (C=O) groups excluding carboxylic acids is 1. The number of carbonyl (C=O) groups is 1. The van der Waals surface area contributed by atoms with Crippen LogP contribution in [0.3, 0.4) is 0 Å². The number of ether oxygens (including phenoxy) is 2. The first-order valence-corrected chi connectivity index (χ1v) is 11.4. The molecule has 2 aliphatic heterocycles. The van der Waals surface area contributed by atoms with Crippen molar-refractivity contribution in [3.63, 3.8) is 0 Å². The van der Waals surface area contributed by atoms with Gasteiger partial charge in [-0.25, -0.2) is 0 Å². The van der Waals surface area contributed by atoms with Crippen molar-refractivity contribution in [1.29, 1.82) is 0 Å². The fraction of sp³-hybridized carbons (Fsp3) is 0.333. The smallest absolute Gasteiger partial charge is 0.233 e. The van der Waals surface area contributed by atoms with E-state index in [-0.39, 0.29) is 17.7 Å². The third kappa shape index (κ3) is 4.20. The minimum atomic E-state index is 0.0350. The molecule has 1 aromatic heterocycles. The number of hydrogen-bond acceptors (Lipinski definition) is 7. The summed E-state index contributed by atoms with van der Waals surface area (Å²) in [6.45, 7) is 1.84. The summed E-state index contributed by atoms with van der Waals surface area (Å²) in [5, 5.41) is 13.0. The summed E-state index contributed by atoms with van der Waals surface area (Å²) in [4.78, 5) is 15.0. The molecule has 0 saturated carbocycles. The van der Waals surface area contributed by atoms with Gasteiger partial charge in [0, 0.05) is 11.6 Å². The van der Waals surface area contributed by atoms with Crippen LogP contribution in [-0.4, -0.2) is 56.5 Å². The van der Waals surface area contributed by atoms with Crippen LogP contribution in [0, 0.1) is 0 Å². The fourth-order valence-electron chi connectivity index (χ4n) is 3.93. The molecule has 1 atom stereocenters. The van der Waals surface area contributed by atoms with Crippen molar-refractivity contribution in [2.24, 2.45) is 0 Å². The second kappa shape index (κ2) is 8.76. The van der Waals surface area contributed by atoms with Crippen LogP contribution in [0.5, 0.6) is 11.5 Å². The molecule has 0 bridgehead atoms. The van der Waals surface area contributed by atoms with E-state index in [1.165, 1.54) is 11.8 Å². The van der Waals surface area contributed by atoms with Gasteiger partial charge in [0.2, 0.25) is 11.1 Å². The Morgan fingerprint density at radius 2 is 2.03 bits per heavy atom. The molecule has 0 aliphatic carbocycles. The number of amides is 1. The number of halogens is 1. The first kappa shape index (κ1) is 20.1. The number of aromatic nitrogens is 4. The van der Waals surface area contributed by atoms with Crippen molar-refractivity contribution in [3.8, 4) is 17.2 Å². The quantitative estimate of drug-likeness (QED) is 0.542. The second-order valence-corrected chi connectivity index (χ2v) is 8.67. The van der Waals surface area contributed by atoms with Gasteiger partial charge in [-0.15, -0.1) is 5.10 Å². The fourth-order valence-corrected chi connectivity index (χ4v) is 4.89. The van der Waals surface area contributed by atoms with E-state index >= 15 is 0 Å². The molecule has 1 saturated heterocycles. The van der Waals surface area contributed by atoms with Crippen LogP contribution in [-0.2, 0) is 4.79 Å². The summed E-state index contributed by atoms with van der Waals surface area (Å²) < 4.78 is 12.9. The van der Waals surface area contributed by atoms with Crippen molar-refractivity contribution in [2.45, 2.75) is 24.0 Å². The lowest BCUT2D eigenvalue weighted by Gasteiger charge is -2.26. The Morgan fingerprint density at radius 3 is 2.90 bits per heavy atom. The number of nitrogens with zero attached hydrogens (tertiary/aromatic N) is 5. The summed E-state index contributed by atoms with van der Waals surface area (Å²) in [5.74, 6) is 1.82. The molecule has 1 amide bonds. The normalized spacial score (nSPS) is 17.7. The van der Waals surface area contributed by atoms with Gasteiger partial charge in [0.1, 0.15) is 13.2 Å². The minimum Gasteiger partial charge on any atom is -0.486 e. The Kier molecular flexibility index (Phi) is 5.69. The second-order valence-electron chi connectivity index (χ2n) is 7.29. The van der Waals surface area contributed by atoms with Gasteiger partial charge in [-0.05, 0) is 59.2 Å². The first-order valence-electron chi connectivity index (χ1n) is 10.1. The number of thioether (sulfide) groups is 1. The molecule has 5 rings (SSSR count). The summed E-state index contributed by atoms with van der Waals surface area (Å²) in [6, 6.07) is 13.3. The van der Waals surface area contributed by atoms with E-state index in [2.05, 4.69) is 15.5 Å². The van der Waals surface area contributed by atoms with Crippen molar-refractivity contribution in [2.75, 3.05) is 25.5 Å². The zero-order chi connectivity index (χ0) is 21.2. The lowest BCUT2D eigenvalue weighted by atomic mass is 10.0. The number of rotatable bonds is 5. The maximum atomic E-state index is 13.1. The van der Waals surface area contributed by atoms with Gasteiger partial charge in [-0.3, -0.25) is 4.79 Å². The summed E-state index contributed by atoms with van der Waals surface area (Å²) in [7, 11) is 0. The minimum absolute atomic E-state index is 0.0350. The molecule has 2 aliphatic rings. The van der Waals surface area contributed by atoms with Crippen LogP contribution >= 0.6 is 23.4 Å². The van der Waals surface area contributed by atoms with E-state index in [1.807, 2.05) is 35.2 Å². The van der Waals surface area contributed by atoms with Crippen LogP contribution in [0.15, 0.2) is 47.6 Å². The molecular weight excluding hydrogens is 438 g/mol. The van der Waals surface area contributed by atoms with Gasteiger partial charge in [0.15, 0.2) is 11.5 Å². The van der Waals surface area contributed by atoms with Crippen molar-refractivity contribution in [3.05, 3.63) is 53.1 Å². The highest BCUT2D eigenvalue weighted by atomic mass is 35.5. The van der Waals surface area contributed by atoms with Gasteiger partial charge in [0.05, 0.1) is 17.5 Å². The van der Waals surface area contributed by atoms with Crippen molar-refractivity contribution < 1.29 is 14.3 Å². The van der Waals surface area contributed by atoms with Crippen LogP contribution in [0.1, 0.15) is 24.4 Å². The van der Waals surface area contributed by atoms with E-state index in [1.54, 1.807) is 16.8 Å². The van der Waals surface area contributed by atoms with Crippen LogP contribution in [0.4, 0.5) is 0 Å². The number of likely N-dealkylation sites (tertiary alicyclic amines) is 1. The molecule has 31 heavy (non-hydrogen) atoms. The van der Waals surface area contributed by atoms with Gasteiger partial charge in [-0.1, -0.05) is 35.5 Å². The van der Waals surface area contributed by atoms with E-state index in [9.17, 15) is 4.79 Å². The molecule has 2 aromatic carbocycles. The Labute approximate surface area is 188 Å². The van der Waals surface area contributed by atoms with Crippen molar-refractivity contribution >= 4 is 29.3 Å². The standard InChI is InChI=1S/C21H20ClN5O3S/c22-15-3-1-4-16(12-15)27-21(23-24-25-27)31-13-20(28)26-8-2-5-17(26)14-6-7-18-19(11-14)30-10-9-29-18/h1,3-4,6-7,11-12,17H,2,5,8-10,13H2/t17-/m0/s1. The average Bonchev–Trinajstić information content (AvgIpc) is 3.47. The molecule has 10 heteroatoms. The largest absolute Gasteiger partial charge is 0.486 e. The first-order chi connectivity index (χ1) is 15.2. The molecule has 0 N–H and O–H groups in total. The maximum Gasteiger partial charge on any atom is 0.233 e. The van der Waals surface area contributed by atoms with E-state index < -0.39 is 0 Å². The predicted molar refractivity (Wildman–Crippen MR) is 116 cm³/mol. The van der Waals surface area contributed by atoms with Crippen LogP contribution in [0.2, 0.25) is 5.02 Å². The van der Waals surface area contributed by atoms with Crippen molar-refractivity contribution in [1.82, 2.24) is 25.1 Å². The average molecular weight is 458 g/mol. The predicted octanol–water partition coefficient (Wildman–Crippen LogP) is 3.54. The van der Waals surface area contributed by atoms with E-state index in [0.717, 1.165) is 42.1 Å². The molecule has 160 valence electrons. The molecule has 8 nitrogen and oxygen atoms in total. The highest BCUT2D eigenvalue weighted by Gasteiger charge is 2.31. The Balaban J connectivity index is 1.28. The maximum absolute atomic E-state index is 13.1. The Morgan fingerprint density at radius 1 is 1.16 bits per heavy atom. The van der Waals surface area contributed by atoms with Gasteiger partial charge >= 0.3 is 0 Å². The molecule has 3 heterocycles.